The van der Waals surface area contributed by atoms with E-state index in [4.69, 9.17) is 0 Å². The van der Waals surface area contributed by atoms with Crippen molar-refractivity contribution in [3.63, 3.8) is 0 Å². The number of hydrogen-bond donors (Lipinski definition) is 1. The van der Waals surface area contributed by atoms with Crippen LogP contribution >= 0.6 is 11.3 Å². The lowest BCUT2D eigenvalue weighted by atomic mass is 10.2. The fraction of sp³-hybridized carbons (Fsp3) is 0.294. The van der Waals surface area contributed by atoms with Gasteiger partial charge in [-0.05, 0) is 30.5 Å². The molecule has 2 aromatic rings. The Bertz CT molecular complexity index is 885. The topological polar surface area (TPSA) is 86.8 Å². The molecule has 1 aromatic carbocycles. The Kier molecular flexibility index (Phi) is 5.28. The van der Waals surface area contributed by atoms with E-state index in [1.165, 1.54) is 28.4 Å². The van der Waals surface area contributed by atoms with Gasteiger partial charge in [0.25, 0.3) is 15.9 Å². The molecule has 0 atom stereocenters. The Morgan fingerprint density at radius 2 is 1.62 bits per heavy atom. The first-order valence-corrected chi connectivity index (χ1v) is 10.4. The number of hydrogen-bond acceptors (Lipinski definition) is 5. The van der Waals surface area contributed by atoms with Crippen LogP contribution in [0.4, 0.5) is 4.79 Å². The predicted molar refractivity (Wildman–Crippen MR) is 98.7 cm³/mol. The van der Waals surface area contributed by atoms with Gasteiger partial charge < -0.3 is 9.80 Å². The van der Waals surface area contributed by atoms with Gasteiger partial charge in [-0.15, -0.1) is 11.3 Å². The zero-order valence-electron chi connectivity index (χ0n) is 14.2. The Morgan fingerprint density at radius 3 is 2.19 bits per heavy atom. The van der Waals surface area contributed by atoms with Crippen LogP contribution < -0.4 is 4.72 Å². The summed E-state index contributed by atoms with van der Waals surface area (Å²) in [6.45, 7) is 3.16. The van der Waals surface area contributed by atoms with E-state index in [1.807, 2.05) is 18.4 Å². The zero-order chi connectivity index (χ0) is 18.7. The molecule has 3 rings (SSSR count). The van der Waals surface area contributed by atoms with Crippen molar-refractivity contribution in [1.29, 1.82) is 0 Å². The van der Waals surface area contributed by atoms with E-state index >= 15 is 0 Å². The van der Waals surface area contributed by atoms with Crippen LogP contribution in [0.25, 0.3) is 0 Å². The van der Waals surface area contributed by atoms with E-state index in [9.17, 15) is 18.0 Å². The van der Waals surface area contributed by atoms with E-state index in [0.29, 0.717) is 18.0 Å². The quantitative estimate of drug-likeness (QED) is 0.863. The summed E-state index contributed by atoms with van der Waals surface area (Å²) in [5.41, 5.74) is 0.932. The Labute approximate surface area is 156 Å². The molecule has 0 saturated carbocycles. The molecule has 1 aromatic heterocycles. The second kappa shape index (κ2) is 7.46. The number of carbonyl (C=O) groups excluding carboxylic acids is 2. The lowest BCUT2D eigenvalue weighted by Crippen LogP contribution is -2.53. The van der Waals surface area contributed by atoms with Crippen molar-refractivity contribution in [2.45, 2.75) is 11.8 Å². The summed E-state index contributed by atoms with van der Waals surface area (Å²) in [5.74, 6) is -0.0627. The van der Waals surface area contributed by atoms with E-state index in [1.54, 1.807) is 23.1 Å². The maximum Gasteiger partial charge on any atom is 0.331 e. The molecular formula is C17H19N3O4S2. The molecule has 7 nitrogen and oxygen atoms in total. The largest absolute Gasteiger partial charge is 0.334 e. The summed E-state index contributed by atoms with van der Waals surface area (Å²) in [5, 5.41) is 1.84. The minimum Gasteiger partial charge on any atom is -0.334 e. The number of nitrogens with one attached hydrogen (secondary N) is 1. The van der Waals surface area contributed by atoms with Crippen molar-refractivity contribution < 1.29 is 18.0 Å². The third-order valence-electron chi connectivity index (χ3n) is 4.14. The van der Waals surface area contributed by atoms with E-state index in [0.717, 1.165) is 5.56 Å². The highest BCUT2D eigenvalue weighted by atomic mass is 32.2. The van der Waals surface area contributed by atoms with Crippen molar-refractivity contribution >= 4 is 33.3 Å². The normalized spacial score (nSPS) is 15.0. The molecule has 1 fully saturated rings. The minimum atomic E-state index is -3.91. The standard InChI is InChI=1S/C17H19N3O4S2/c1-13-4-6-14(7-5-13)26(23,24)18-17(22)20-10-8-19(9-11-20)16(21)15-3-2-12-25-15/h2-7,12H,8-11H2,1H3,(H,18,22). The Morgan fingerprint density at radius 1 is 1.00 bits per heavy atom. The molecule has 0 spiro atoms. The van der Waals surface area contributed by atoms with Gasteiger partial charge in [0.15, 0.2) is 0 Å². The molecule has 0 bridgehead atoms. The van der Waals surface area contributed by atoms with Gasteiger partial charge in [-0.3, -0.25) is 4.79 Å². The number of aryl methyl sites for hydroxylation is 1. The van der Waals surface area contributed by atoms with Gasteiger partial charge in [-0.1, -0.05) is 23.8 Å². The average molecular weight is 393 g/mol. The van der Waals surface area contributed by atoms with Gasteiger partial charge >= 0.3 is 6.03 Å². The molecule has 3 amide bonds. The highest BCUT2D eigenvalue weighted by molar-refractivity contribution is 7.90. The fourth-order valence-electron chi connectivity index (χ4n) is 2.62. The van der Waals surface area contributed by atoms with E-state index < -0.39 is 16.1 Å². The fourth-order valence-corrected chi connectivity index (χ4v) is 4.29. The Balaban J connectivity index is 1.58. The number of sulfonamides is 1. The SMILES string of the molecule is Cc1ccc(S(=O)(=O)NC(=O)N2CCN(C(=O)c3cccs3)CC2)cc1. The average Bonchev–Trinajstić information content (AvgIpc) is 3.16. The zero-order valence-corrected chi connectivity index (χ0v) is 15.8. The second-order valence-corrected chi connectivity index (χ2v) is 8.61. The van der Waals surface area contributed by atoms with Crippen LogP contribution in [0.1, 0.15) is 15.2 Å². The summed E-state index contributed by atoms with van der Waals surface area (Å²) in [4.78, 5) is 28.4. The predicted octanol–water partition coefficient (Wildman–Crippen LogP) is 1.91. The van der Waals surface area contributed by atoms with Gasteiger partial charge in [-0.2, -0.15) is 0 Å². The maximum absolute atomic E-state index is 12.3. The van der Waals surface area contributed by atoms with Crippen molar-refractivity contribution in [3.05, 3.63) is 52.2 Å². The molecule has 0 radical (unpaired) electrons. The van der Waals surface area contributed by atoms with Crippen LogP contribution in [-0.4, -0.2) is 56.3 Å². The molecular weight excluding hydrogens is 374 g/mol. The first-order valence-electron chi connectivity index (χ1n) is 8.08. The minimum absolute atomic E-state index is 0.0444. The van der Waals surface area contributed by atoms with E-state index in [2.05, 4.69) is 4.72 Å². The van der Waals surface area contributed by atoms with Crippen LogP contribution in [0.3, 0.4) is 0 Å². The second-order valence-electron chi connectivity index (χ2n) is 5.98. The van der Waals surface area contributed by atoms with Crippen LogP contribution in [-0.2, 0) is 10.0 Å². The van der Waals surface area contributed by atoms with Gasteiger partial charge in [-0.25, -0.2) is 17.9 Å². The number of nitrogens with zero attached hydrogens (tertiary/aromatic N) is 2. The monoisotopic (exact) mass is 393 g/mol. The summed E-state index contributed by atoms with van der Waals surface area (Å²) >= 11 is 1.37. The maximum atomic E-state index is 12.3. The van der Waals surface area contributed by atoms with Crippen LogP contribution in [0.2, 0.25) is 0 Å². The molecule has 9 heteroatoms. The van der Waals surface area contributed by atoms with Crippen molar-refractivity contribution in [2.75, 3.05) is 26.2 Å². The van der Waals surface area contributed by atoms with Crippen LogP contribution in [0, 0.1) is 6.92 Å². The summed E-state index contributed by atoms with van der Waals surface area (Å²) in [6, 6.07) is 9.18. The lowest BCUT2D eigenvalue weighted by molar-refractivity contribution is 0.0672. The third-order valence-corrected chi connectivity index (χ3v) is 6.33. The van der Waals surface area contributed by atoms with Crippen LogP contribution in [0.15, 0.2) is 46.7 Å². The van der Waals surface area contributed by atoms with Gasteiger partial charge in [0.05, 0.1) is 9.77 Å². The molecule has 138 valence electrons. The number of urea groups is 1. The summed E-state index contributed by atoms with van der Waals surface area (Å²) in [6.07, 6.45) is 0. The molecule has 1 N–H and O–H groups in total. The Hall–Kier alpha value is -2.39. The number of benzene rings is 1. The van der Waals surface area contributed by atoms with Crippen molar-refractivity contribution in [2.24, 2.45) is 0 Å². The number of rotatable bonds is 3. The number of amides is 3. The van der Waals surface area contributed by atoms with Crippen LogP contribution in [0.5, 0.6) is 0 Å². The number of piperazine rings is 1. The summed E-state index contributed by atoms with van der Waals surface area (Å²) in [7, 11) is -3.91. The lowest BCUT2D eigenvalue weighted by Gasteiger charge is -2.34. The highest BCUT2D eigenvalue weighted by Crippen LogP contribution is 2.15. The van der Waals surface area contributed by atoms with E-state index in [-0.39, 0.29) is 23.9 Å². The molecule has 26 heavy (non-hydrogen) atoms. The highest BCUT2D eigenvalue weighted by Gasteiger charge is 2.27. The van der Waals surface area contributed by atoms with Crippen molar-refractivity contribution in [1.82, 2.24) is 14.5 Å². The molecule has 1 aliphatic heterocycles. The molecule has 0 aliphatic carbocycles. The third kappa shape index (κ3) is 4.05. The number of carbonyl (C=O) groups is 2. The van der Waals surface area contributed by atoms with Gasteiger partial charge in [0.1, 0.15) is 0 Å². The molecule has 1 saturated heterocycles. The van der Waals surface area contributed by atoms with Gasteiger partial charge in [0.2, 0.25) is 0 Å². The number of thiophene rings is 1. The molecule has 2 heterocycles. The van der Waals surface area contributed by atoms with Gasteiger partial charge in [0, 0.05) is 26.2 Å². The first kappa shape index (κ1) is 18.4. The molecule has 1 aliphatic rings. The summed E-state index contributed by atoms with van der Waals surface area (Å²) < 4.78 is 26.7. The molecule has 0 unspecified atom stereocenters. The first-order chi connectivity index (χ1) is 12.4. The smallest absolute Gasteiger partial charge is 0.331 e. The van der Waals surface area contributed by atoms with Crippen molar-refractivity contribution in [3.8, 4) is 0 Å².